The highest BCUT2D eigenvalue weighted by Gasteiger charge is 2.20. The van der Waals surface area contributed by atoms with Crippen molar-refractivity contribution in [3.8, 4) is 5.75 Å². The van der Waals surface area contributed by atoms with Gasteiger partial charge in [-0.15, -0.1) is 0 Å². The highest BCUT2D eigenvalue weighted by molar-refractivity contribution is 5.46. The Bertz CT molecular complexity index is 394. The van der Waals surface area contributed by atoms with E-state index in [1.54, 1.807) is 0 Å². The van der Waals surface area contributed by atoms with Crippen LogP contribution in [0.2, 0.25) is 0 Å². The van der Waals surface area contributed by atoms with Crippen molar-refractivity contribution in [2.45, 2.75) is 38.6 Å². The van der Waals surface area contributed by atoms with Gasteiger partial charge in [-0.1, -0.05) is 12.1 Å². The molecule has 1 saturated heterocycles. The maximum atomic E-state index is 5.75. The van der Waals surface area contributed by atoms with E-state index in [4.69, 9.17) is 4.74 Å². The summed E-state index contributed by atoms with van der Waals surface area (Å²) < 4.78 is 5.75. The van der Waals surface area contributed by atoms with Gasteiger partial charge in [0.1, 0.15) is 5.75 Å². The quantitative estimate of drug-likeness (QED) is 0.781. The molecule has 2 aliphatic rings. The molecular formula is C14H19NO. The zero-order valence-electron chi connectivity index (χ0n) is 9.88. The number of ether oxygens (including phenoxy) is 1. The standard InChI is InChI=1S/C14H19NO/c1-10-8-12(13-5-2-6-15-13)9-11-4-3-7-16-14(10)11/h8-9,13,15H,2-7H2,1H3/t13-/m0/s1. The SMILES string of the molecule is Cc1cc([C@@H]2CCCN2)cc2c1OCCC2. The molecule has 16 heavy (non-hydrogen) atoms. The van der Waals surface area contributed by atoms with Crippen molar-refractivity contribution in [3.63, 3.8) is 0 Å². The van der Waals surface area contributed by atoms with Gasteiger partial charge in [0.15, 0.2) is 0 Å². The van der Waals surface area contributed by atoms with Crippen molar-refractivity contribution >= 4 is 0 Å². The number of hydrogen-bond donors (Lipinski definition) is 1. The van der Waals surface area contributed by atoms with E-state index in [-0.39, 0.29) is 0 Å². The maximum absolute atomic E-state index is 5.75. The van der Waals surface area contributed by atoms with E-state index in [1.165, 1.54) is 36.0 Å². The number of rotatable bonds is 1. The fourth-order valence-electron chi connectivity index (χ4n) is 2.88. The first kappa shape index (κ1) is 10.2. The van der Waals surface area contributed by atoms with E-state index < -0.39 is 0 Å². The van der Waals surface area contributed by atoms with E-state index in [2.05, 4.69) is 24.4 Å². The van der Waals surface area contributed by atoms with Gasteiger partial charge in [0, 0.05) is 6.04 Å². The molecule has 1 atom stereocenters. The summed E-state index contributed by atoms with van der Waals surface area (Å²) in [6.07, 6.45) is 4.92. The van der Waals surface area contributed by atoms with Gasteiger partial charge in [0.25, 0.3) is 0 Å². The first-order chi connectivity index (χ1) is 7.84. The van der Waals surface area contributed by atoms with Crippen molar-refractivity contribution in [2.24, 2.45) is 0 Å². The molecule has 2 heteroatoms. The minimum Gasteiger partial charge on any atom is -0.493 e. The van der Waals surface area contributed by atoms with Crippen LogP contribution in [-0.4, -0.2) is 13.2 Å². The monoisotopic (exact) mass is 217 g/mol. The topological polar surface area (TPSA) is 21.3 Å². The number of benzene rings is 1. The smallest absolute Gasteiger partial charge is 0.125 e. The first-order valence-electron chi connectivity index (χ1n) is 6.34. The molecule has 2 nitrogen and oxygen atoms in total. The molecule has 0 spiro atoms. The van der Waals surface area contributed by atoms with Gasteiger partial charge >= 0.3 is 0 Å². The summed E-state index contributed by atoms with van der Waals surface area (Å²) in [5.41, 5.74) is 4.18. The lowest BCUT2D eigenvalue weighted by Gasteiger charge is -2.22. The molecule has 1 N–H and O–H groups in total. The number of fused-ring (bicyclic) bond motifs is 1. The minimum absolute atomic E-state index is 0.575. The molecule has 0 bridgehead atoms. The Morgan fingerprint density at radius 1 is 1.31 bits per heavy atom. The summed E-state index contributed by atoms with van der Waals surface area (Å²) in [5, 5.41) is 3.57. The second-order valence-corrected chi connectivity index (χ2v) is 4.93. The molecule has 0 unspecified atom stereocenters. The van der Waals surface area contributed by atoms with Crippen LogP contribution in [0.4, 0.5) is 0 Å². The predicted octanol–water partition coefficient (Wildman–Crippen LogP) is 2.74. The van der Waals surface area contributed by atoms with Crippen LogP contribution < -0.4 is 10.1 Å². The average molecular weight is 217 g/mol. The highest BCUT2D eigenvalue weighted by Crippen LogP contribution is 2.33. The maximum Gasteiger partial charge on any atom is 0.125 e. The van der Waals surface area contributed by atoms with Crippen molar-refractivity contribution < 1.29 is 4.74 Å². The van der Waals surface area contributed by atoms with Crippen LogP contribution in [0.1, 0.15) is 42.0 Å². The molecule has 0 aromatic heterocycles. The van der Waals surface area contributed by atoms with Crippen molar-refractivity contribution in [3.05, 3.63) is 28.8 Å². The molecule has 3 rings (SSSR count). The predicted molar refractivity (Wildman–Crippen MR) is 65.0 cm³/mol. The van der Waals surface area contributed by atoms with Crippen LogP contribution in [0.3, 0.4) is 0 Å². The zero-order chi connectivity index (χ0) is 11.0. The third-order valence-corrected chi connectivity index (χ3v) is 3.67. The molecule has 1 aromatic carbocycles. The summed E-state index contributed by atoms with van der Waals surface area (Å²) >= 11 is 0. The molecule has 1 aromatic rings. The van der Waals surface area contributed by atoms with Gasteiger partial charge in [-0.3, -0.25) is 0 Å². The molecular weight excluding hydrogens is 198 g/mol. The van der Waals surface area contributed by atoms with Crippen molar-refractivity contribution in [1.82, 2.24) is 5.32 Å². The second kappa shape index (κ2) is 4.10. The van der Waals surface area contributed by atoms with Crippen molar-refractivity contribution in [2.75, 3.05) is 13.2 Å². The van der Waals surface area contributed by atoms with Crippen LogP contribution in [0.25, 0.3) is 0 Å². The minimum atomic E-state index is 0.575. The largest absolute Gasteiger partial charge is 0.493 e. The number of hydrogen-bond acceptors (Lipinski definition) is 2. The molecule has 0 radical (unpaired) electrons. The second-order valence-electron chi connectivity index (χ2n) is 4.93. The normalized spacial score (nSPS) is 23.9. The van der Waals surface area contributed by atoms with Gasteiger partial charge < -0.3 is 10.1 Å². The van der Waals surface area contributed by atoms with Gasteiger partial charge in [0.2, 0.25) is 0 Å². The molecule has 2 aliphatic heterocycles. The molecule has 1 fully saturated rings. The Hall–Kier alpha value is -1.02. The molecule has 0 amide bonds. The van der Waals surface area contributed by atoms with Crippen LogP contribution in [0, 0.1) is 6.92 Å². The third-order valence-electron chi connectivity index (χ3n) is 3.67. The van der Waals surface area contributed by atoms with E-state index in [0.29, 0.717) is 6.04 Å². The Labute approximate surface area is 97.0 Å². The van der Waals surface area contributed by atoms with E-state index >= 15 is 0 Å². The van der Waals surface area contributed by atoms with E-state index in [9.17, 15) is 0 Å². The van der Waals surface area contributed by atoms with E-state index in [0.717, 1.165) is 25.3 Å². The molecule has 0 saturated carbocycles. The summed E-state index contributed by atoms with van der Waals surface area (Å²) in [6, 6.07) is 5.23. The number of nitrogens with one attached hydrogen (secondary N) is 1. The fourth-order valence-corrected chi connectivity index (χ4v) is 2.88. The van der Waals surface area contributed by atoms with Gasteiger partial charge in [-0.05, 0) is 55.8 Å². The highest BCUT2D eigenvalue weighted by atomic mass is 16.5. The van der Waals surface area contributed by atoms with Gasteiger partial charge in [-0.25, -0.2) is 0 Å². The fraction of sp³-hybridized carbons (Fsp3) is 0.571. The summed E-state index contributed by atoms with van der Waals surface area (Å²) in [6.45, 7) is 4.22. The van der Waals surface area contributed by atoms with Crippen molar-refractivity contribution in [1.29, 1.82) is 0 Å². The van der Waals surface area contributed by atoms with Crippen LogP contribution in [0.15, 0.2) is 12.1 Å². The Balaban J connectivity index is 1.97. The lowest BCUT2D eigenvalue weighted by atomic mass is 9.95. The van der Waals surface area contributed by atoms with Gasteiger partial charge in [-0.2, -0.15) is 0 Å². The molecule has 2 heterocycles. The summed E-state index contributed by atoms with van der Waals surface area (Å²) in [4.78, 5) is 0. The van der Waals surface area contributed by atoms with E-state index in [1.807, 2.05) is 0 Å². The number of aryl methyl sites for hydroxylation is 2. The van der Waals surface area contributed by atoms with Crippen LogP contribution in [-0.2, 0) is 6.42 Å². The first-order valence-corrected chi connectivity index (χ1v) is 6.34. The van der Waals surface area contributed by atoms with Crippen LogP contribution >= 0.6 is 0 Å². The Morgan fingerprint density at radius 2 is 2.25 bits per heavy atom. The lowest BCUT2D eigenvalue weighted by Crippen LogP contribution is -2.15. The third kappa shape index (κ3) is 1.71. The Kier molecular flexibility index (Phi) is 2.60. The summed E-state index contributed by atoms with van der Waals surface area (Å²) in [5.74, 6) is 1.15. The average Bonchev–Trinajstić information content (AvgIpc) is 2.82. The molecule has 0 aliphatic carbocycles. The lowest BCUT2D eigenvalue weighted by molar-refractivity contribution is 0.286. The Morgan fingerprint density at radius 3 is 3.06 bits per heavy atom. The summed E-state index contributed by atoms with van der Waals surface area (Å²) in [7, 11) is 0. The van der Waals surface area contributed by atoms with Crippen LogP contribution in [0.5, 0.6) is 5.75 Å². The van der Waals surface area contributed by atoms with Gasteiger partial charge in [0.05, 0.1) is 6.61 Å². The molecule has 86 valence electrons. The zero-order valence-corrected chi connectivity index (χ0v) is 9.88.